The van der Waals surface area contributed by atoms with E-state index in [0.29, 0.717) is 5.56 Å². The Hall–Kier alpha value is -3.20. The van der Waals surface area contributed by atoms with Crippen molar-refractivity contribution in [1.29, 1.82) is 5.26 Å². The van der Waals surface area contributed by atoms with Crippen LogP contribution in [0.25, 0.3) is 0 Å². The summed E-state index contributed by atoms with van der Waals surface area (Å²) in [7, 11) is 1.60. The highest BCUT2D eigenvalue weighted by Crippen LogP contribution is 2.24. The maximum absolute atomic E-state index is 13.1. The van der Waals surface area contributed by atoms with Gasteiger partial charge in [-0.25, -0.2) is 4.39 Å². The number of rotatable bonds is 4. The van der Waals surface area contributed by atoms with Crippen LogP contribution in [-0.4, -0.2) is 35.3 Å². The second kappa shape index (κ2) is 7.20. The number of benzene rings is 2. The molecule has 1 heterocycles. The average Bonchev–Trinajstić information content (AvgIpc) is 2.66. The zero-order valence-corrected chi connectivity index (χ0v) is 15.2. The number of amides is 2. The number of carbonyl (C=O) groups excluding carboxylic acids is 2. The zero-order chi connectivity index (χ0) is 19.6. The van der Waals surface area contributed by atoms with Crippen LogP contribution >= 0.6 is 0 Å². The van der Waals surface area contributed by atoms with Crippen LogP contribution in [0.15, 0.2) is 48.5 Å². The van der Waals surface area contributed by atoms with Crippen molar-refractivity contribution in [2.75, 3.05) is 7.05 Å². The molecule has 0 saturated carbocycles. The van der Waals surface area contributed by atoms with Gasteiger partial charge in [0, 0.05) is 19.9 Å². The highest BCUT2D eigenvalue weighted by atomic mass is 19.1. The number of nitriles is 1. The lowest BCUT2D eigenvalue weighted by Crippen LogP contribution is -2.69. The summed E-state index contributed by atoms with van der Waals surface area (Å²) in [4.78, 5) is 27.2. The van der Waals surface area contributed by atoms with Crippen molar-refractivity contribution in [3.63, 3.8) is 0 Å². The Bertz CT molecular complexity index is 920. The van der Waals surface area contributed by atoms with E-state index in [-0.39, 0.29) is 30.5 Å². The molecule has 3 rings (SSSR count). The maximum Gasteiger partial charge on any atom is 0.248 e. The Kier molecular flexibility index (Phi) is 4.95. The van der Waals surface area contributed by atoms with E-state index in [1.165, 1.54) is 17.0 Å². The lowest BCUT2D eigenvalue weighted by Gasteiger charge is -2.43. The third kappa shape index (κ3) is 3.68. The molecule has 138 valence electrons. The molecule has 27 heavy (non-hydrogen) atoms. The maximum atomic E-state index is 13.1. The molecule has 1 aliphatic rings. The van der Waals surface area contributed by atoms with E-state index in [1.807, 2.05) is 0 Å². The lowest BCUT2D eigenvalue weighted by atomic mass is 9.86. The first-order valence-electron chi connectivity index (χ1n) is 8.66. The Balaban J connectivity index is 1.81. The summed E-state index contributed by atoms with van der Waals surface area (Å²) in [5, 5.41) is 12.1. The van der Waals surface area contributed by atoms with Gasteiger partial charge in [0.2, 0.25) is 11.8 Å². The quantitative estimate of drug-likeness (QED) is 0.903. The lowest BCUT2D eigenvalue weighted by molar-refractivity contribution is -0.152. The second-order valence-electron chi connectivity index (χ2n) is 7.03. The number of hydrogen-bond donors (Lipinski definition) is 1. The van der Waals surface area contributed by atoms with Crippen LogP contribution in [0.2, 0.25) is 0 Å². The zero-order valence-electron chi connectivity index (χ0n) is 15.2. The molecule has 6 heteroatoms. The highest BCUT2D eigenvalue weighted by Gasteiger charge is 2.46. The molecule has 0 bridgehead atoms. The third-order valence-corrected chi connectivity index (χ3v) is 4.98. The first-order valence-corrected chi connectivity index (χ1v) is 8.66. The van der Waals surface area contributed by atoms with Gasteiger partial charge >= 0.3 is 0 Å². The molecule has 1 N–H and O–H groups in total. The fraction of sp³-hybridized carbons (Fsp3) is 0.286. The predicted octanol–water partition coefficient (Wildman–Crippen LogP) is 2.20. The van der Waals surface area contributed by atoms with E-state index in [0.717, 1.165) is 11.1 Å². The van der Waals surface area contributed by atoms with Crippen molar-refractivity contribution in [1.82, 2.24) is 10.2 Å². The van der Waals surface area contributed by atoms with Crippen molar-refractivity contribution in [2.24, 2.45) is 0 Å². The number of nitrogens with zero attached hydrogens (tertiary/aromatic N) is 2. The molecule has 0 aliphatic carbocycles. The fourth-order valence-electron chi connectivity index (χ4n) is 3.49. The minimum absolute atomic E-state index is 0.217. The molecule has 1 saturated heterocycles. The van der Waals surface area contributed by atoms with Gasteiger partial charge in [-0.2, -0.15) is 5.26 Å². The molecule has 2 aromatic rings. The van der Waals surface area contributed by atoms with Crippen molar-refractivity contribution >= 4 is 11.8 Å². The van der Waals surface area contributed by atoms with Crippen LogP contribution in [0.4, 0.5) is 4.39 Å². The summed E-state index contributed by atoms with van der Waals surface area (Å²) < 4.78 is 13.1. The minimum atomic E-state index is -1.10. The predicted molar refractivity (Wildman–Crippen MR) is 98.1 cm³/mol. The van der Waals surface area contributed by atoms with Gasteiger partial charge in [-0.3, -0.25) is 9.59 Å². The normalized spacial score (nSPS) is 22.3. The molecule has 0 spiro atoms. The Labute approximate surface area is 157 Å². The second-order valence-corrected chi connectivity index (χ2v) is 7.03. The molecular formula is C21H20FN3O2. The number of carbonyl (C=O) groups is 2. The van der Waals surface area contributed by atoms with Gasteiger partial charge in [0.1, 0.15) is 17.4 Å². The van der Waals surface area contributed by atoms with Crippen molar-refractivity contribution in [3.05, 3.63) is 71.0 Å². The van der Waals surface area contributed by atoms with Crippen molar-refractivity contribution in [3.8, 4) is 6.07 Å². The SMILES string of the molecule is CN1C(=O)C(C)(Cc2ccc(F)cc2)NC(=O)C1Cc1ccccc1C#N. The highest BCUT2D eigenvalue weighted by molar-refractivity contribution is 5.99. The number of nitrogens with one attached hydrogen (secondary N) is 1. The molecule has 2 unspecified atom stereocenters. The Morgan fingerprint density at radius 1 is 1.19 bits per heavy atom. The van der Waals surface area contributed by atoms with Crippen LogP contribution in [0, 0.1) is 17.1 Å². The monoisotopic (exact) mass is 365 g/mol. The summed E-state index contributed by atoms with van der Waals surface area (Å²) in [6, 6.07) is 14.3. The Morgan fingerprint density at radius 2 is 1.85 bits per heavy atom. The standard InChI is InChI=1S/C21H20FN3O2/c1-21(12-14-7-9-17(22)10-8-14)20(27)25(2)18(19(26)24-21)11-15-5-3-4-6-16(15)13-23/h3-10,18H,11-12H2,1-2H3,(H,24,26). The number of hydrogen-bond acceptors (Lipinski definition) is 3. The van der Waals surface area contributed by atoms with E-state index >= 15 is 0 Å². The molecule has 0 radical (unpaired) electrons. The van der Waals surface area contributed by atoms with Crippen LogP contribution in [0.5, 0.6) is 0 Å². The topological polar surface area (TPSA) is 73.2 Å². The molecule has 2 amide bonds. The van der Waals surface area contributed by atoms with Gasteiger partial charge in [0.15, 0.2) is 0 Å². The molecule has 2 atom stereocenters. The van der Waals surface area contributed by atoms with Crippen molar-refractivity contribution in [2.45, 2.75) is 31.3 Å². The van der Waals surface area contributed by atoms with Gasteiger partial charge in [-0.05, 0) is 36.2 Å². The molecule has 5 nitrogen and oxygen atoms in total. The summed E-state index contributed by atoms with van der Waals surface area (Å²) in [6.07, 6.45) is 0.536. The molecule has 1 fully saturated rings. The molecule has 0 aromatic heterocycles. The van der Waals surface area contributed by atoms with E-state index < -0.39 is 11.6 Å². The van der Waals surface area contributed by atoms with Crippen LogP contribution < -0.4 is 5.32 Å². The molecule has 2 aromatic carbocycles. The summed E-state index contributed by atoms with van der Waals surface area (Å²) in [5.41, 5.74) is 0.872. The van der Waals surface area contributed by atoms with E-state index in [2.05, 4.69) is 11.4 Å². The number of likely N-dealkylation sites (N-methyl/N-ethyl adjacent to an activating group) is 1. The van der Waals surface area contributed by atoms with Crippen LogP contribution in [0.3, 0.4) is 0 Å². The summed E-state index contributed by atoms with van der Waals surface area (Å²) in [6.45, 7) is 1.67. The third-order valence-electron chi connectivity index (χ3n) is 4.98. The van der Waals surface area contributed by atoms with Gasteiger partial charge < -0.3 is 10.2 Å². The van der Waals surface area contributed by atoms with E-state index in [1.54, 1.807) is 50.4 Å². The molecule has 1 aliphatic heterocycles. The number of piperazine rings is 1. The smallest absolute Gasteiger partial charge is 0.248 e. The fourth-order valence-corrected chi connectivity index (χ4v) is 3.49. The van der Waals surface area contributed by atoms with Crippen LogP contribution in [-0.2, 0) is 22.4 Å². The first kappa shape index (κ1) is 18.6. The van der Waals surface area contributed by atoms with Crippen LogP contribution in [0.1, 0.15) is 23.6 Å². The first-order chi connectivity index (χ1) is 12.8. The van der Waals surface area contributed by atoms with E-state index in [4.69, 9.17) is 0 Å². The summed E-state index contributed by atoms with van der Waals surface area (Å²) in [5.74, 6) is -0.837. The number of halogens is 1. The van der Waals surface area contributed by atoms with E-state index in [9.17, 15) is 19.2 Å². The van der Waals surface area contributed by atoms with Gasteiger partial charge in [-0.1, -0.05) is 30.3 Å². The van der Waals surface area contributed by atoms with Gasteiger partial charge in [0.25, 0.3) is 0 Å². The Morgan fingerprint density at radius 3 is 2.52 bits per heavy atom. The minimum Gasteiger partial charge on any atom is -0.340 e. The average molecular weight is 365 g/mol. The largest absolute Gasteiger partial charge is 0.340 e. The van der Waals surface area contributed by atoms with Crippen molar-refractivity contribution < 1.29 is 14.0 Å². The summed E-state index contributed by atoms with van der Waals surface area (Å²) >= 11 is 0. The van der Waals surface area contributed by atoms with Gasteiger partial charge in [-0.15, -0.1) is 0 Å². The molecular weight excluding hydrogens is 345 g/mol. The van der Waals surface area contributed by atoms with Gasteiger partial charge in [0.05, 0.1) is 11.6 Å².